The standard InChI is InChI=1S/C17H16N2O2/c18-17(20)9-12-5-1-3-7-15(12)19-10-13-11-21-16-8-4-2-6-14(13)16/h1-8,11,19H,9-10H2,(H2,18,20). The SMILES string of the molecule is NC(=O)Cc1ccccc1NCc1coc2ccccc12. The Kier molecular flexibility index (Phi) is 3.60. The first-order valence-corrected chi connectivity index (χ1v) is 6.79. The normalized spacial score (nSPS) is 10.7. The molecule has 3 N–H and O–H groups in total. The number of furan rings is 1. The highest BCUT2D eigenvalue weighted by Gasteiger charge is 2.07. The largest absolute Gasteiger partial charge is 0.464 e. The van der Waals surface area contributed by atoms with Gasteiger partial charge in [0.05, 0.1) is 12.7 Å². The van der Waals surface area contributed by atoms with Crippen molar-refractivity contribution in [3.8, 4) is 0 Å². The molecule has 106 valence electrons. The van der Waals surface area contributed by atoms with Crippen molar-refractivity contribution in [3.05, 3.63) is 65.9 Å². The quantitative estimate of drug-likeness (QED) is 0.754. The van der Waals surface area contributed by atoms with Crippen LogP contribution >= 0.6 is 0 Å². The zero-order valence-electron chi connectivity index (χ0n) is 11.5. The van der Waals surface area contributed by atoms with Crippen LogP contribution < -0.4 is 11.1 Å². The summed E-state index contributed by atoms with van der Waals surface area (Å²) in [5.74, 6) is -0.335. The molecule has 0 bridgehead atoms. The fourth-order valence-corrected chi connectivity index (χ4v) is 2.39. The number of hydrogen-bond donors (Lipinski definition) is 2. The van der Waals surface area contributed by atoms with Crippen LogP contribution in [0.3, 0.4) is 0 Å². The first-order chi connectivity index (χ1) is 10.2. The maximum atomic E-state index is 11.1. The molecule has 0 fully saturated rings. The van der Waals surface area contributed by atoms with Crippen molar-refractivity contribution >= 4 is 22.6 Å². The average Bonchev–Trinajstić information content (AvgIpc) is 2.89. The highest BCUT2D eigenvalue weighted by Crippen LogP contribution is 2.23. The zero-order valence-corrected chi connectivity index (χ0v) is 11.5. The summed E-state index contributed by atoms with van der Waals surface area (Å²) in [5, 5.41) is 4.44. The van der Waals surface area contributed by atoms with E-state index in [1.54, 1.807) is 6.26 Å². The second kappa shape index (κ2) is 5.71. The first-order valence-electron chi connectivity index (χ1n) is 6.79. The third kappa shape index (κ3) is 2.89. The van der Waals surface area contributed by atoms with Gasteiger partial charge in [0.25, 0.3) is 0 Å². The summed E-state index contributed by atoms with van der Waals surface area (Å²) in [6, 6.07) is 15.6. The molecular formula is C17H16N2O2. The van der Waals surface area contributed by atoms with Crippen LogP contribution in [0.15, 0.2) is 59.2 Å². The van der Waals surface area contributed by atoms with Gasteiger partial charge in [-0.3, -0.25) is 4.79 Å². The summed E-state index contributed by atoms with van der Waals surface area (Å²) >= 11 is 0. The topological polar surface area (TPSA) is 68.3 Å². The van der Waals surface area contributed by atoms with E-state index < -0.39 is 0 Å². The van der Waals surface area contributed by atoms with E-state index in [-0.39, 0.29) is 12.3 Å². The van der Waals surface area contributed by atoms with Crippen LogP contribution in [0.2, 0.25) is 0 Å². The average molecular weight is 280 g/mol. The minimum absolute atomic E-state index is 0.231. The Morgan fingerprint density at radius 3 is 2.67 bits per heavy atom. The molecule has 1 aromatic heterocycles. The van der Waals surface area contributed by atoms with E-state index >= 15 is 0 Å². The second-order valence-electron chi connectivity index (χ2n) is 4.91. The van der Waals surface area contributed by atoms with Gasteiger partial charge in [-0.25, -0.2) is 0 Å². The van der Waals surface area contributed by atoms with E-state index in [2.05, 4.69) is 5.32 Å². The summed E-state index contributed by atoms with van der Waals surface area (Å²) in [5.41, 5.74) is 9.05. The fourth-order valence-electron chi connectivity index (χ4n) is 2.39. The number of benzene rings is 2. The molecule has 1 amide bonds. The number of carbonyl (C=O) groups is 1. The third-order valence-corrected chi connectivity index (χ3v) is 3.41. The zero-order chi connectivity index (χ0) is 14.7. The molecule has 3 rings (SSSR count). The van der Waals surface area contributed by atoms with E-state index in [1.165, 1.54) is 0 Å². The van der Waals surface area contributed by atoms with E-state index in [1.807, 2.05) is 48.5 Å². The van der Waals surface area contributed by atoms with Gasteiger partial charge in [0.2, 0.25) is 5.91 Å². The molecule has 3 aromatic rings. The minimum Gasteiger partial charge on any atom is -0.464 e. The molecule has 0 saturated carbocycles. The summed E-state index contributed by atoms with van der Waals surface area (Å²) in [6.45, 7) is 0.632. The molecule has 0 radical (unpaired) electrons. The molecule has 0 atom stereocenters. The van der Waals surface area contributed by atoms with Gasteiger partial charge in [-0.1, -0.05) is 36.4 Å². The molecule has 2 aromatic carbocycles. The van der Waals surface area contributed by atoms with Gasteiger partial charge in [-0.15, -0.1) is 0 Å². The number of nitrogens with two attached hydrogens (primary N) is 1. The lowest BCUT2D eigenvalue weighted by atomic mass is 10.1. The van der Waals surface area contributed by atoms with Crippen molar-refractivity contribution in [1.29, 1.82) is 0 Å². The number of hydrogen-bond acceptors (Lipinski definition) is 3. The molecule has 1 heterocycles. The molecule has 0 spiro atoms. The van der Waals surface area contributed by atoms with Gasteiger partial charge in [-0.05, 0) is 17.7 Å². The number of rotatable bonds is 5. The predicted octanol–water partition coefficient (Wildman–Crippen LogP) is 3.07. The van der Waals surface area contributed by atoms with E-state index in [0.29, 0.717) is 6.54 Å². The molecular weight excluding hydrogens is 264 g/mol. The summed E-state index contributed by atoms with van der Waals surface area (Å²) in [6.07, 6.45) is 1.99. The summed E-state index contributed by atoms with van der Waals surface area (Å²) in [4.78, 5) is 11.1. The van der Waals surface area contributed by atoms with Gasteiger partial charge in [0.15, 0.2) is 0 Å². The van der Waals surface area contributed by atoms with E-state index in [4.69, 9.17) is 10.2 Å². The maximum absolute atomic E-state index is 11.1. The van der Waals surface area contributed by atoms with E-state index in [9.17, 15) is 4.79 Å². The van der Waals surface area contributed by atoms with Crippen LogP contribution in [0.4, 0.5) is 5.69 Å². The predicted molar refractivity (Wildman–Crippen MR) is 82.9 cm³/mol. The number of carbonyl (C=O) groups excluding carboxylic acids is 1. The molecule has 0 aliphatic carbocycles. The second-order valence-corrected chi connectivity index (χ2v) is 4.91. The Balaban J connectivity index is 1.80. The van der Waals surface area contributed by atoms with Crippen LogP contribution in [0.5, 0.6) is 0 Å². The highest BCUT2D eigenvalue weighted by molar-refractivity contribution is 5.81. The van der Waals surface area contributed by atoms with Crippen molar-refractivity contribution in [2.24, 2.45) is 5.73 Å². The number of primary amides is 1. The van der Waals surface area contributed by atoms with Crippen LogP contribution in [-0.4, -0.2) is 5.91 Å². The Hall–Kier alpha value is -2.75. The number of amides is 1. The molecule has 0 aliphatic heterocycles. The Labute approximate surface area is 122 Å². The molecule has 0 aliphatic rings. The van der Waals surface area contributed by atoms with Gasteiger partial charge in [0.1, 0.15) is 5.58 Å². The van der Waals surface area contributed by atoms with Crippen LogP contribution in [0.1, 0.15) is 11.1 Å². The monoisotopic (exact) mass is 280 g/mol. The Morgan fingerprint density at radius 1 is 1.05 bits per heavy atom. The first kappa shape index (κ1) is 13.2. The Bertz CT molecular complexity index is 777. The van der Waals surface area contributed by atoms with Crippen molar-refractivity contribution in [3.63, 3.8) is 0 Å². The summed E-state index contributed by atoms with van der Waals surface area (Å²) < 4.78 is 5.52. The van der Waals surface area contributed by atoms with Crippen molar-refractivity contribution in [1.82, 2.24) is 0 Å². The lowest BCUT2D eigenvalue weighted by Crippen LogP contribution is -2.15. The van der Waals surface area contributed by atoms with Crippen molar-refractivity contribution < 1.29 is 9.21 Å². The molecule has 4 heteroatoms. The number of anilines is 1. The lowest BCUT2D eigenvalue weighted by Gasteiger charge is -2.10. The maximum Gasteiger partial charge on any atom is 0.221 e. The molecule has 0 saturated heterocycles. The van der Waals surface area contributed by atoms with Crippen molar-refractivity contribution in [2.45, 2.75) is 13.0 Å². The van der Waals surface area contributed by atoms with Crippen LogP contribution in [-0.2, 0) is 17.8 Å². The molecule has 4 nitrogen and oxygen atoms in total. The van der Waals surface area contributed by atoms with Gasteiger partial charge in [0, 0.05) is 23.2 Å². The van der Waals surface area contributed by atoms with E-state index in [0.717, 1.165) is 27.8 Å². The van der Waals surface area contributed by atoms with Gasteiger partial charge < -0.3 is 15.5 Å². The van der Waals surface area contributed by atoms with Crippen molar-refractivity contribution in [2.75, 3.05) is 5.32 Å². The highest BCUT2D eigenvalue weighted by atomic mass is 16.3. The van der Waals surface area contributed by atoms with Gasteiger partial charge in [-0.2, -0.15) is 0 Å². The smallest absolute Gasteiger partial charge is 0.221 e. The van der Waals surface area contributed by atoms with Crippen LogP contribution in [0, 0.1) is 0 Å². The summed E-state index contributed by atoms with van der Waals surface area (Å²) in [7, 11) is 0. The van der Waals surface area contributed by atoms with Gasteiger partial charge >= 0.3 is 0 Å². The third-order valence-electron chi connectivity index (χ3n) is 3.41. The number of fused-ring (bicyclic) bond motifs is 1. The minimum atomic E-state index is -0.335. The molecule has 0 unspecified atom stereocenters. The Morgan fingerprint density at radius 2 is 1.81 bits per heavy atom. The van der Waals surface area contributed by atoms with Crippen LogP contribution in [0.25, 0.3) is 11.0 Å². The number of nitrogens with one attached hydrogen (secondary N) is 1. The molecule has 21 heavy (non-hydrogen) atoms. The lowest BCUT2D eigenvalue weighted by molar-refractivity contribution is -0.117. The number of para-hydroxylation sites is 2. The fraction of sp³-hybridized carbons (Fsp3) is 0.118.